The summed E-state index contributed by atoms with van der Waals surface area (Å²) in [5.74, 6) is 0. The molecular formula is C5H3ClN2O. The summed E-state index contributed by atoms with van der Waals surface area (Å²) in [6, 6.07) is 3.12. The summed E-state index contributed by atoms with van der Waals surface area (Å²) in [5, 5.41) is 17.3. The van der Waals surface area contributed by atoms with Gasteiger partial charge in [0.05, 0.1) is 11.2 Å². The van der Waals surface area contributed by atoms with Crippen molar-refractivity contribution in [1.29, 1.82) is 5.26 Å². The lowest BCUT2D eigenvalue weighted by atomic mass is 10.5. The molecule has 4 heteroatoms. The van der Waals surface area contributed by atoms with E-state index in [9.17, 15) is 0 Å². The zero-order chi connectivity index (χ0) is 6.85. The Bertz CT molecular complexity index is 260. The fourth-order valence-corrected chi connectivity index (χ4v) is 0.700. The largest absolute Gasteiger partial charge is 0.428 e. The molecule has 0 amide bonds. The summed E-state index contributed by atoms with van der Waals surface area (Å²) in [7, 11) is 0. The van der Waals surface area contributed by atoms with Crippen LogP contribution in [0.25, 0.3) is 0 Å². The minimum atomic E-state index is 0.139. The van der Waals surface area contributed by atoms with Crippen LogP contribution in [0.15, 0.2) is 12.3 Å². The summed E-state index contributed by atoms with van der Waals surface area (Å²) in [6.07, 6.45) is 1.25. The Labute approximate surface area is 56.7 Å². The third-order valence-corrected chi connectivity index (χ3v) is 1.09. The predicted molar refractivity (Wildman–Crippen MR) is 31.3 cm³/mol. The van der Waals surface area contributed by atoms with Gasteiger partial charge in [-0.2, -0.15) is 9.99 Å². The van der Waals surface area contributed by atoms with E-state index >= 15 is 0 Å². The first-order chi connectivity index (χ1) is 4.24. The minimum Gasteiger partial charge on any atom is -0.428 e. The molecule has 1 aromatic rings. The van der Waals surface area contributed by atoms with E-state index in [1.54, 1.807) is 6.07 Å². The number of hydrogen-bond acceptors (Lipinski definition) is 2. The van der Waals surface area contributed by atoms with Gasteiger partial charge in [0.25, 0.3) is 0 Å². The highest BCUT2D eigenvalue weighted by Crippen LogP contribution is 2.10. The van der Waals surface area contributed by atoms with Gasteiger partial charge in [0.1, 0.15) is 6.07 Å². The number of hydrogen-bond donors (Lipinski definition) is 1. The Kier molecular flexibility index (Phi) is 1.33. The van der Waals surface area contributed by atoms with E-state index in [0.717, 1.165) is 0 Å². The number of halogens is 1. The van der Waals surface area contributed by atoms with Gasteiger partial charge in [-0.15, -0.1) is 0 Å². The van der Waals surface area contributed by atoms with Crippen molar-refractivity contribution in [2.45, 2.75) is 0 Å². The van der Waals surface area contributed by atoms with Crippen molar-refractivity contribution in [2.24, 2.45) is 0 Å². The Morgan fingerprint density at radius 2 is 2.44 bits per heavy atom. The Hall–Kier alpha value is -1.14. The Morgan fingerprint density at radius 1 is 1.78 bits per heavy atom. The van der Waals surface area contributed by atoms with Crippen molar-refractivity contribution in [3.63, 3.8) is 0 Å². The standard InChI is InChI=1S/C5H3ClN2O/c6-4-1-5(2-7)8(9)3-4/h1,3,9H. The fraction of sp³-hybridized carbons (Fsp3) is 0. The van der Waals surface area contributed by atoms with Crippen molar-refractivity contribution in [2.75, 3.05) is 0 Å². The molecule has 0 aliphatic carbocycles. The summed E-state index contributed by atoms with van der Waals surface area (Å²) in [5.41, 5.74) is 0.139. The molecule has 0 aliphatic rings. The zero-order valence-electron chi connectivity index (χ0n) is 4.37. The van der Waals surface area contributed by atoms with Crippen LogP contribution in [0.2, 0.25) is 5.02 Å². The number of aromatic nitrogens is 1. The molecule has 0 saturated heterocycles. The smallest absolute Gasteiger partial charge is 0.158 e. The van der Waals surface area contributed by atoms with Crippen molar-refractivity contribution in [3.05, 3.63) is 23.0 Å². The van der Waals surface area contributed by atoms with E-state index < -0.39 is 0 Å². The molecule has 0 unspecified atom stereocenters. The van der Waals surface area contributed by atoms with Crippen LogP contribution in [-0.2, 0) is 0 Å². The zero-order valence-corrected chi connectivity index (χ0v) is 5.13. The van der Waals surface area contributed by atoms with Crippen LogP contribution in [0.3, 0.4) is 0 Å². The monoisotopic (exact) mass is 142 g/mol. The highest BCUT2D eigenvalue weighted by Gasteiger charge is 1.99. The second-order valence-electron chi connectivity index (χ2n) is 1.50. The molecule has 0 saturated carbocycles. The molecule has 1 heterocycles. The van der Waals surface area contributed by atoms with Gasteiger partial charge in [0.15, 0.2) is 5.69 Å². The molecule has 1 rings (SSSR count). The predicted octanol–water partition coefficient (Wildman–Crippen LogP) is 1.25. The van der Waals surface area contributed by atoms with E-state index in [4.69, 9.17) is 22.1 Å². The Morgan fingerprint density at radius 3 is 2.67 bits per heavy atom. The lowest BCUT2D eigenvalue weighted by Crippen LogP contribution is -1.88. The molecule has 0 aromatic carbocycles. The van der Waals surface area contributed by atoms with Gasteiger partial charge in [0.2, 0.25) is 0 Å². The van der Waals surface area contributed by atoms with Crippen LogP contribution >= 0.6 is 11.6 Å². The van der Waals surface area contributed by atoms with Gasteiger partial charge >= 0.3 is 0 Å². The Balaban J connectivity index is 3.20. The maximum absolute atomic E-state index is 8.74. The number of rotatable bonds is 0. The van der Waals surface area contributed by atoms with Gasteiger partial charge in [-0.05, 0) is 6.07 Å². The lowest BCUT2D eigenvalue weighted by Gasteiger charge is -1.85. The van der Waals surface area contributed by atoms with E-state index in [-0.39, 0.29) is 5.69 Å². The van der Waals surface area contributed by atoms with Crippen LogP contribution in [0, 0.1) is 11.3 Å². The number of nitriles is 1. The molecule has 1 N–H and O–H groups in total. The molecule has 0 atom stereocenters. The average molecular weight is 143 g/mol. The fourth-order valence-electron chi connectivity index (χ4n) is 0.504. The molecule has 46 valence electrons. The van der Waals surface area contributed by atoms with E-state index in [2.05, 4.69) is 0 Å². The third-order valence-electron chi connectivity index (χ3n) is 0.882. The third kappa shape index (κ3) is 0.980. The van der Waals surface area contributed by atoms with Gasteiger partial charge in [-0.3, -0.25) is 0 Å². The van der Waals surface area contributed by atoms with E-state index in [0.29, 0.717) is 9.75 Å². The maximum Gasteiger partial charge on any atom is 0.158 e. The molecule has 3 nitrogen and oxygen atoms in total. The summed E-state index contributed by atoms with van der Waals surface area (Å²) >= 11 is 5.41. The van der Waals surface area contributed by atoms with Crippen LogP contribution in [0.1, 0.15) is 5.69 Å². The van der Waals surface area contributed by atoms with Crippen molar-refractivity contribution < 1.29 is 5.21 Å². The molecule has 0 spiro atoms. The van der Waals surface area contributed by atoms with Gasteiger partial charge in [0, 0.05) is 0 Å². The van der Waals surface area contributed by atoms with E-state index in [1.165, 1.54) is 12.3 Å². The summed E-state index contributed by atoms with van der Waals surface area (Å²) in [6.45, 7) is 0. The molecule has 1 aromatic heterocycles. The first-order valence-electron chi connectivity index (χ1n) is 2.21. The van der Waals surface area contributed by atoms with Gasteiger partial charge < -0.3 is 5.21 Å². The molecular weight excluding hydrogens is 140 g/mol. The van der Waals surface area contributed by atoms with Crippen molar-refractivity contribution in [3.8, 4) is 6.07 Å². The second-order valence-corrected chi connectivity index (χ2v) is 1.94. The average Bonchev–Trinajstić information content (AvgIpc) is 2.10. The molecule has 0 fully saturated rings. The highest BCUT2D eigenvalue weighted by atomic mass is 35.5. The minimum absolute atomic E-state index is 0.139. The van der Waals surface area contributed by atoms with Crippen molar-refractivity contribution in [1.82, 2.24) is 4.73 Å². The maximum atomic E-state index is 8.74. The van der Waals surface area contributed by atoms with Crippen LogP contribution in [0.4, 0.5) is 0 Å². The van der Waals surface area contributed by atoms with Gasteiger partial charge in [-0.25, -0.2) is 0 Å². The molecule has 0 radical (unpaired) electrons. The van der Waals surface area contributed by atoms with Gasteiger partial charge in [-0.1, -0.05) is 11.6 Å². The summed E-state index contributed by atoms with van der Waals surface area (Å²) < 4.78 is 0.683. The second kappa shape index (κ2) is 2.00. The van der Waals surface area contributed by atoms with E-state index in [1.807, 2.05) is 0 Å². The highest BCUT2D eigenvalue weighted by molar-refractivity contribution is 6.30. The first kappa shape index (κ1) is 5.99. The summed E-state index contributed by atoms with van der Waals surface area (Å²) in [4.78, 5) is 0. The molecule has 0 aliphatic heterocycles. The van der Waals surface area contributed by atoms with Crippen LogP contribution < -0.4 is 0 Å². The normalized spacial score (nSPS) is 8.89. The SMILES string of the molecule is N#Cc1cc(Cl)cn1O. The topological polar surface area (TPSA) is 49.0 Å². The van der Waals surface area contributed by atoms with Crippen molar-refractivity contribution >= 4 is 11.6 Å². The molecule has 9 heavy (non-hydrogen) atoms. The van der Waals surface area contributed by atoms with Crippen LogP contribution in [-0.4, -0.2) is 9.94 Å². The van der Waals surface area contributed by atoms with Crippen LogP contribution in [0.5, 0.6) is 0 Å². The quantitative estimate of drug-likeness (QED) is 0.555. The first-order valence-corrected chi connectivity index (χ1v) is 2.59. The lowest BCUT2D eigenvalue weighted by molar-refractivity contribution is 0.185. The number of nitrogens with zero attached hydrogens (tertiary/aromatic N) is 2. The molecule has 0 bridgehead atoms.